The fourth-order valence-electron chi connectivity index (χ4n) is 2.59. The van der Waals surface area contributed by atoms with Crippen LogP contribution in [0.3, 0.4) is 0 Å². The van der Waals surface area contributed by atoms with Crippen molar-refractivity contribution in [1.29, 1.82) is 0 Å². The molecule has 0 aliphatic heterocycles. The molecule has 1 fully saturated rings. The normalized spacial score (nSPS) is 15.3. The average Bonchev–Trinajstić information content (AvgIpc) is 3.25. The highest BCUT2D eigenvalue weighted by Crippen LogP contribution is 2.30. The number of hydrogen-bond acceptors (Lipinski definition) is 6. The zero-order valence-corrected chi connectivity index (χ0v) is 17.1. The highest BCUT2D eigenvalue weighted by atomic mass is 32.1. The SMILES string of the molecule is CC(NC(=O)c1nc(-c2cn3cc(NC(=O)C4CC4)nc3cn2)cs1)C(C)(C)F. The van der Waals surface area contributed by atoms with Crippen LogP contribution in [0.1, 0.15) is 43.4 Å². The number of aromatic nitrogens is 4. The number of hydrogen-bond donors (Lipinski definition) is 2. The third-order valence-corrected chi connectivity index (χ3v) is 5.72. The van der Waals surface area contributed by atoms with Crippen molar-refractivity contribution in [1.82, 2.24) is 24.7 Å². The van der Waals surface area contributed by atoms with Crippen molar-refractivity contribution in [2.75, 3.05) is 5.32 Å². The first-order chi connectivity index (χ1) is 13.7. The second-order valence-electron chi connectivity index (χ2n) is 7.73. The van der Waals surface area contributed by atoms with Crippen LogP contribution >= 0.6 is 11.3 Å². The topological polar surface area (TPSA) is 101 Å². The van der Waals surface area contributed by atoms with Gasteiger partial charge in [0.1, 0.15) is 17.1 Å². The molecule has 29 heavy (non-hydrogen) atoms. The number of rotatable bonds is 6. The first-order valence-corrected chi connectivity index (χ1v) is 10.2. The molecule has 10 heteroatoms. The Labute approximate surface area is 170 Å². The standard InChI is InChI=1S/C19H21FN6O2S/c1-10(19(2,3)20)22-17(28)18-23-13(9-29-18)12-7-26-8-14(24-15(26)6-21-12)25-16(27)11-4-5-11/h6-11H,4-5H2,1-3H3,(H,22,28)(H,25,27). The summed E-state index contributed by atoms with van der Waals surface area (Å²) in [4.78, 5) is 37.2. The maximum absolute atomic E-state index is 13.9. The summed E-state index contributed by atoms with van der Waals surface area (Å²) >= 11 is 1.17. The summed E-state index contributed by atoms with van der Waals surface area (Å²) < 4.78 is 15.7. The molecular formula is C19H21FN6O2S. The molecular weight excluding hydrogens is 395 g/mol. The van der Waals surface area contributed by atoms with Gasteiger partial charge < -0.3 is 15.0 Å². The molecule has 2 N–H and O–H groups in total. The largest absolute Gasteiger partial charge is 0.344 e. The van der Waals surface area contributed by atoms with E-state index in [-0.39, 0.29) is 16.8 Å². The van der Waals surface area contributed by atoms with Crippen molar-refractivity contribution in [3.63, 3.8) is 0 Å². The van der Waals surface area contributed by atoms with E-state index in [1.54, 1.807) is 35.3 Å². The third kappa shape index (κ3) is 4.26. The van der Waals surface area contributed by atoms with Gasteiger partial charge in [-0.25, -0.2) is 19.3 Å². The molecule has 2 amide bonds. The van der Waals surface area contributed by atoms with Gasteiger partial charge >= 0.3 is 0 Å². The minimum atomic E-state index is -1.53. The first kappa shape index (κ1) is 19.4. The fourth-order valence-corrected chi connectivity index (χ4v) is 3.30. The molecule has 3 aromatic rings. The summed E-state index contributed by atoms with van der Waals surface area (Å²) in [5.74, 6) is 0.136. The molecule has 8 nitrogen and oxygen atoms in total. The van der Waals surface area contributed by atoms with E-state index in [0.717, 1.165) is 12.8 Å². The maximum Gasteiger partial charge on any atom is 0.280 e. The molecule has 0 aromatic carbocycles. The van der Waals surface area contributed by atoms with Crippen LogP contribution in [0.2, 0.25) is 0 Å². The Balaban J connectivity index is 1.51. The van der Waals surface area contributed by atoms with E-state index < -0.39 is 17.6 Å². The third-order valence-electron chi connectivity index (χ3n) is 4.88. The number of halogens is 1. The number of nitrogens with one attached hydrogen (secondary N) is 2. The molecule has 1 atom stereocenters. The van der Waals surface area contributed by atoms with E-state index in [1.807, 2.05) is 0 Å². The minimum Gasteiger partial charge on any atom is -0.344 e. The Bertz CT molecular complexity index is 1080. The predicted octanol–water partition coefficient (Wildman–Crippen LogP) is 3.07. The maximum atomic E-state index is 13.9. The highest BCUT2D eigenvalue weighted by molar-refractivity contribution is 7.12. The van der Waals surface area contributed by atoms with Crippen LogP contribution in [0.25, 0.3) is 17.0 Å². The van der Waals surface area contributed by atoms with Gasteiger partial charge in [0.05, 0.1) is 18.4 Å². The van der Waals surface area contributed by atoms with E-state index in [9.17, 15) is 14.0 Å². The molecule has 1 aliphatic carbocycles. The number of imidazole rings is 1. The summed E-state index contributed by atoms with van der Waals surface area (Å²) in [5.41, 5.74) is 0.152. The van der Waals surface area contributed by atoms with Crippen LogP contribution in [0, 0.1) is 5.92 Å². The van der Waals surface area contributed by atoms with Crippen LogP contribution < -0.4 is 10.6 Å². The number of anilines is 1. The Morgan fingerprint density at radius 3 is 2.72 bits per heavy atom. The summed E-state index contributed by atoms with van der Waals surface area (Å²) in [6, 6.07) is -0.646. The summed E-state index contributed by atoms with van der Waals surface area (Å²) in [5, 5.41) is 7.39. The van der Waals surface area contributed by atoms with Crippen LogP contribution in [0.15, 0.2) is 24.0 Å². The van der Waals surface area contributed by atoms with Gasteiger partial charge in [0.25, 0.3) is 5.91 Å². The lowest BCUT2D eigenvalue weighted by Crippen LogP contribution is -2.44. The quantitative estimate of drug-likeness (QED) is 0.643. The van der Waals surface area contributed by atoms with Gasteiger partial charge in [0.15, 0.2) is 16.5 Å². The van der Waals surface area contributed by atoms with Gasteiger partial charge in [-0.2, -0.15) is 0 Å². The number of nitrogens with zero attached hydrogens (tertiary/aromatic N) is 4. The number of amides is 2. The Hall–Kier alpha value is -2.88. The Morgan fingerprint density at radius 2 is 2.03 bits per heavy atom. The molecule has 3 aromatic heterocycles. The molecule has 0 spiro atoms. The van der Waals surface area contributed by atoms with E-state index in [0.29, 0.717) is 22.9 Å². The first-order valence-electron chi connectivity index (χ1n) is 9.32. The lowest BCUT2D eigenvalue weighted by atomic mass is 10.0. The van der Waals surface area contributed by atoms with E-state index in [4.69, 9.17) is 0 Å². The van der Waals surface area contributed by atoms with E-state index in [2.05, 4.69) is 25.6 Å². The molecule has 152 valence electrons. The minimum absolute atomic E-state index is 0.0116. The molecule has 0 radical (unpaired) electrons. The van der Waals surface area contributed by atoms with Crippen LogP contribution in [0.4, 0.5) is 10.2 Å². The van der Waals surface area contributed by atoms with Crippen molar-refractivity contribution in [2.24, 2.45) is 5.92 Å². The molecule has 1 aliphatic rings. The van der Waals surface area contributed by atoms with Crippen molar-refractivity contribution in [2.45, 2.75) is 45.3 Å². The second-order valence-corrected chi connectivity index (χ2v) is 8.58. The molecule has 3 heterocycles. The number of carbonyl (C=O) groups excluding carboxylic acids is 2. The van der Waals surface area contributed by atoms with Crippen molar-refractivity contribution in [3.8, 4) is 11.4 Å². The van der Waals surface area contributed by atoms with Crippen molar-refractivity contribution >= 4 is 34.6 Å². The number of fused-ring (bicyclic) bond motifs is 1. The van der Waals surface area contributed by atoms with Crippen LogP contribution in [-0.4, -0.2) is 42.9 Å². The second kappa shape index (κ2) is 7.18. The predicted molar refractivity (Wildman–Crippen MR) is 108 cm³/mol. The Morgan fingerprint density at radius 1 is 1.28 bits per heavy atom. The lowest BCUT2D eigenvalue weighted by molar-refractivity contribution is -0.117. The van der Waals surface area contributed by atoms with Crippen LogP contribution in [-0.2, 0) is 4.79 Å². The van der Waals surface area contributed by atoms with Crippen LogP contribution in [0.5, 0.6) is 0 Å². The number of alkyl halides is 1. The summed E-state index contributed by atoms with van der Waals surface area (Å²) in [7, 11) is 0. The molecule has 1 saturated carbocycles. The zero-order chi connectivity index (χ0) is 20.8. The molecule has 0 saturated heterocycles. The number of thiazole rings is 1. The van der Waals surface area contributed by atoms with Gasteiger partial charge in [-0.15, -0.1) is 11.3 Å². The van der Waals surface area contributed by atoms with Crippen molar-refractivity contribution < 1.29 is 14.0 Å². The van der Waals surface area contributed by atoms with Gasteiger partial charge in [0, 0.05) is 17.5 Å². The smallest absolute Gasteiger partial charge is 0.280 e. The van der Waals surface area contributed by atoms with E-state index in [1.165, 1.54) is 25.2 Å². The number of carbonyl (C=O) groups is 2. The lowest BCUT2D eigenvalue weighted by Gasteiger charge is -2.23. The highest BCUT2D eigenvalue weighted by Gasteiger charge is 2.30. The van der Waals surface area contributed by atoms with Gasteiger partial charge in [-0.3, -0.25) is 9.59 Å². The van der Waals surface area contributed by atoms with Crippen molar-refractivity contribution in [3.05, 3.63) is 29.0 Å². The molecule has 1 unspecified atom stereocenters. The summed E-state index contributed by atoms with van der Waals surface area (Å²) in [6.07, 6.45) is 6.87. The van der Waals surface area contributed by atoms with Gasteiger partial charge in [0.2, 0.25) is 5.91 Å². The molecule has 4 rings (SSSR count). The summed E-state index contributed by atoms with van der Waals surface area (Å²) in [6.45, 7) is 4.44. The average molecular weight is 416 g/mol. The fraction of sp³-hybridized carbons (Fsp3) is 0.421. The van der Waals surface area contributed by atoms with Gasteiger partial charge in [-0.05, 0) is 33.6 Å². The van der Waals surface area contributed by atoms with Gasteiger partial charge in [-0.1, -0.05) is 0 Å². The Kier molecular flexibility index (Phi) is 4.81. The van der Waals surface area contributed by atoms with E-state index >= 15 is 0 Å². The monoisotopic (exact) mass is 416 g/mol. The zero-order valence-electron chi connectivity index (χ0n) is 16.3. The molecule has 0 bridgehead atoms.